The molecule has 5 heteroatoms. The normalized spacial score (nSPS) is 24.8. The van der Waals surface area contributed by atoms with Crippen LogP contribution in [0.2, 0.25) is 0 Å². The molecule has 4 rings (SSSR count). The van der Waals surface area contributed by atoms with Gasteiger partial charge in [-0.1, -0.05) is 12.2 Å². The van der Waals surface area contributed by atoms with Crippen molar-refractivity contribution in [2.75, 3.05) is 31.1 Å². The third-order valence-corrected chi connectivity index (χ3v) is 5.20. The lowest BCUT2D eigenvalue weighted by atomic mass is 9.93. The summed E-state index contributed by atoms with van der Waals surface area (Å²) < 4.78 is 0. The fourth-order valence-corrected chi connectivity index (χ4v) is 3.53. The number of anilines is 1. The van der Waals surface area contributed by atoms with Crippen molar-refractivity contribution in [2.45, 2.75) is 38.0 Å². The first kappa shape index (κ1) is 14.7. The number of carbonyl (C=O) groups excluding carboxylic acids is 1. The Labute approximate surface area is 137 Å². The highest BCUT2D eigenvalue weighted by molar-refractivity contribution is 5.79. The van der Waals surface area contributed by atoms with Crippen LogP contribution in [0.15, 0.2) is 24.3 Å². The lowest BCUT2D eigenvalue weighted by molar-refractivity contribution is -0.136. The maximum Gasteiger partial charge on any atom is 0.226 e. The number of carbonyl (C=O) groups is 1. The SMILES string of the molecule is O=C(C1CC=CCC1)N1CCN(c2ccc(C3CC3)nn2)CC1. The zero-order valence-electron chi connectivity index (χ0n) is 13.5. The van der Waals surface area contributed by atoms with Gasteiger partial charge in [-0.25, -0.2) is 0 Å². The number of amides is 1. The molecular weight excluding hydrogens is 288 g/mol. The van der Waals surface area contributed by atoms with Crippen molar-refractivity contribution >= 4 is 11.7 Å². The number of piperazine rings is 1. The van der Waals surface area contributed by atoms with Crippen molar-refractivity contribution in [3.63, 3.8) is 0 Å². The average molecular weight is 312 g/mol. The summed E-state index contributed by atoms with van der Waals surface area (Å²) in [5.74, 6) is 2.13. The lowest BCUT2D eigenvalue weighted by Crippen LogP contribution is -2.50. The second kappa shape index (κ2) is 6.30. The summed E-state index contributed by atoms with van der Waals surface area (Å²) in [6.45, 7) is 3.30. The highest BCUT2D eigenvalue weighted by Crippen LogP contribution is 2.38. The van der Waals surface area contributed by atoms with Gasteiger partial charge in [-0.05, 0) is 44.2 Å². The van der Waals surface area contributed by atoms with E-state index in [2.05, 4.69) is 39.4 Å². The van der Waals surface area contributed by atoms with Gasteiger partial charge in [-0.3, -0.25) is 4.79 Å². The minimum absolute atomic E-state index is 0.198. The van der Waals surface area contributed by atoms with E-state index in [1.807, 2.05) is 4.90 Å². The Morgan fingerprint density at radius 1 is 1.00 bits per heavy atom. The maximum absolute atomic E-state index is 12.6. The molecule has 0 aromatic carbocycles. The number of allylic oxidation sites excluding steroid dienone is 2. The van der Waals surface area contributed by atoms with Crippen LogP contribution in [0, 0.1) is 5.92 Å². The molecule has 1 atom stereocenters. The summed E-state index contributed by atoms with van der Waals surface area (Å²) in [7, 11) is 0. The number of hydrogen-bond acceptors (Lipinski definition) is 4. The summed E-state index contributed by atoms with van der Waals surface area (Å²) in [4.78, 5) is 16.8. The fraction of sp³-hybridized carbons (Fsp3) is 0.611. The van der Waals surface area contributed by atoms with Gasteiger partial charge in [-0.2, -0.15) is 5.10 Å². The lowest BCUT2D eigenvalue weighted by Gasteiger charge is -2.37. The number of hydrogen-bond donors (Lipinski definition) is 0. The molecule has 122 valence electrons. The van der Waals surface area contributed by atoms with E-state index in [4.69, 9.17) is 0 Å². The topological polar surface area (TPSA) is 49.3 Å². The molecule has 0 bridgehead atoms. The average Bonchev–Trinajstić information content (AvgIpc) is 3.47. The molecule has 1 saturated carbocycles. The third-order valence-electron chi connectivity index (χ3n) is 5.20. The molecule has 2 aliphatic carbocycles. The van der Waals surface area contributed by atoms with E-state index in [-0.39, 0.29) is 5.92 Å². The summed E-state index contributed by atoms with van der Waals surface area (Å²) in [6, 6.07) is 4.20. The second-order valence-corrected chi connectivity index (χ2v) is 6.88. The van der Waals surface area contributed by atoms with Crippen molar-refractivity contribution in [2.24, 2.45) is 5.92 Å². The Morgan fingerprint density at radius 3 is 2.43 bits per heavy atom. The zero-order valence-corrected chi connectivity index (χ0v) is 13.5. The third kappa shape index (κ3) is 3.23. The van der Waals surface area contributed by atoms with Gasteiger partial charge in [-0.15, -0.1) is 5.10 Å². The molecule has 0 radical (unpaired) electrons. The molecule has 2 heterocycles. The van der Waals surface area contributed by atoms with Gasteiger partial charge in [0.2, 0.25) is 5.91 Å². The van der Waals surface area contributed by atoms with E-state index in [0.29, 0.717) is 11.8 Å². The predicted molar refractivity (Wildman–Crippen MR) is 89.3 cm³/mol. The van der Waals surface area contributed by atoms with Crippen LogP contribution in [0.5, 0.6) is 0 Å². The molecule has 1 aromatic heterocycles. The van der Waals surface area contributed by atoms with E-state index in [1.165, 1.54) is 12.8 Å². The standard InChI is InChI=1S/C18H24N4O/c23-18(15-4-2-1-3-5-15)22-12-10-21(11-13-22)17-9-8-16(19-20-17)14-6-7-14/h1-2,8-9,14-15H,3-7,10-13H2. The van der Waals surface area contributed by atoms with Crippen LogP contribution >= 0.6 is 0 Å². The molecule has 23 heavy (non-hydrogen) atoms. The van der Waals surface area contributed by atoms with Crippen molar-refractivity contribution in [1.82, 2.24) is 15.1 Å². The maximum atomic E-state index is 12.6. The van der Waals surface area contributed by atoms with Gasteiger partial charge >= 0.3 is 0 Å². The Kier molecular flexibility index (Phi) is 4.02. The summed E-state index contributed by atoms with van der Waals surface area (Å²) in [5.41, 5.74) is 1.13. The highest BCUT2D eigenvalue weighted by Gasteiger charge is 2.28. The van der Waals surface area contributed by atoms with Gasteiger partial charge in [0.05, 0.1) is 5.69 Å². The summed E-state index contributed by atoms with van der Waals surface area (Å²) in [6.07, 6.45) is 9.80. The first-order valence-electron chi connectivity index (χ1n) is 8.83. The highest BCUT2D eigenvalue weighted by atomic mass is 16.2. The Balaban J connectivity index is 1.33. The van der Waals surface area contributed by atoms with Gasteiger partial charge in [0.25, 0.3) is 0 Å². The molecular formula is C18H24N4O. The Morgan fingerprint density at radius 2 is 1.83 bits per heavy atom. The minimum Gasteiger partial charge on any atom is -0.352 e. The van der Waals surface area contributed by atoms with Crippen LogP contribution in [-0.4, -0.2) is 47.2 Å². The molecule has 5 nitrogen and oxygen atoms in total. The monoisotopic (exact) mass is 312 g/mol. The molecule has 0 N–H and O–H groups in total. The quantitative estimate of drug-likeness (QED) is 0.804. The van der Waals surface area contributed by atoms with Crippen LogP contribution in [-0.2, 0) is 4.79 Å². The number of nitrogens with zero attached hydrogens (tertiary/aromatic N) is 4. The first-order valence-corrected chi connectivity index (χ1v) is 8.83. The molecule has 1 amide bonds. The van der Waals surface area contributed by atoms with Crippen molar-refractivity contribution in [1.29, 1.82) is 0 Å². The predicted octanol–water partition coefficient (Wildman–Crippen LogP) is 2.36. The number of rotatable bonds is 3. The number of aromatic nitrogens is 2. The smallest absolute Gasteiger partial charge is 0.226 e. The Bertz CT molecular complexity index is 586. The van der Waals surface area contributed by atoms with Gasteiger partial charge < -0.3 is 9.80 Å². The zero-order chi connectivity index (χ0) is 15.6. The van der Waals surface area contributed by atoms with Crippen LogP contribution in [0.4, 0.5) is 5.82 Å². The molecule has 1 unspecified atom stereocenters. The Hall–Kier alpha value is -1.91. The largest absolute Gasteiger partial charge is 0.352 e. The molecule has 1 aliphatic heterocycles. The van der Waals surface area contributed by atoms with E-state index in [1.54, 1.807) is 0 Å². The fourth-order valence-electron chi connectivity index (χ4n) is 3.53. The van der Waals surface area contributed by atoms with Crippen LogP contribution in [0.25, 0.3) is 0 Å². The van der Waals surface area contributed by atoms with Crippen molar-refractivity contribution in [3.05, 3.63) is 30.0 Å². The van der Waals surface area contributed by atoms with Gasteiger partial charge in [0.1, 0.15) is 0 Å². The molecule has 1 aromatic rings. The van der Waals surface area contributed by atoms with Crippen molar-refractivity contribution in [3.8, 4) is 0 Å². The minimum atomic E-state index is 0.198. The van der Waals surface area contributed by atoms with Crippen LogP contribution in [0.1, 0.15) is 43.7 Å². The molecule has 0 spiro atoms. The second-order valence-electron chi connectivity index (χ2n) is 6.88. The molecule has 3 aliphatic rings. The van der Waals surface area contributed by atoms with E-state index >= 15 is 0 Å². The van der Waals surface area contributed by atoms with Gasteiger partial charge in [0.15, 0.2) is 5.82 Å². The van der Waals surface area contributed by atoms with E-state index in [0.717, 1.165) is 57.0 Å². The first-order chi connectivity index (χ1) is 11.3. The van der Waals surface area contributed by atoms with Crippen molar-refractivity contribution < 1.29 is 4.79 Å². The summed E-state index contributed by atoms with van der Waals surface area (Å²) in [5, 5.41) is 8.75. The van der Waals surface area contributed by atoms with Gasteiger partial charge in [0, 0.05) is 38.0 Å². The van der Waals surface area contributed by atoms with Crippen LogP contribution < -0.4 is 4.90 Å². The van der Waals surface area contributed by atoms with E-state index < -0.39 is 0 Å². The molecule has 2 fully saturated rings. The molecule has 1 saturated heterocycles. The van der Waals surface area contributed by atoms with E-state index in [9.17, 15) is 4.79 Å². The van der Waals surface area contributed by atoms with Crippen LogP contribution in [0.3, 0.4) is 0 Å². The summed E-state index contributed by atoms with van der Waals surface area (Å²) >= 11 is 0.